The number of benzene rings is 1. The molecule has 0 aromatic heterocycles. The van der Waals surface area contributed by atoms with Gasteiger partial charge in [0, 0.05) is 6.54 Å². The SMILES string of the molecule is N#CCCNC(=O)COc1ccc(CO)cc1C(F)(F)F. The molecule has 21 heavy (non-hydrogen) atoms. The summed E-state index contributed by atoms with van der Waals surface area (Å²) in [7, 11) is 0. The summed E-state index contributed by atoms with van der Waals surface area (Å²) >= 11 is 0. The summed E-state index contributed by atoms with van der Waals surface area (Å²) in [6, 6.07) is 4.91. The zero-order valence-corrected chi connectivity index (χ0v) is 10.9. The van der Waals surface area contributed by atoms with Gasteiger partial charge in [0.05, 0.1) is 24.7 Å². The van der Waals surface area contributed by atoms with Crippen molar-refractivity contribution < 1.29 is 27.8 Å². The lowest BCUT2D eigenvalue weighted by molar-refractivity contribution is -0.139. The van der Waals surface area contributed by atoms with Gasteiger partial charge in [0.2, 0.25) is 0 Å². The number of nitriles is 1. The summed E-state index contributed by atoms with van der Waals surface area (Å²) in [6.45, 7) is -1.01. The van der Waals surface area contributed by atoms with Crippen molar-refractivity contribution in [2.75, 3.05) is 13.2 Å². The van der Waals surface area contributed by atoms with Crippen LogP contribution in [0.1, 0.15) is 17.5 Å². The molecule has 0 radical (unpaired) electrons. The molecule has 0 unspecified atom stereocenters. The molecule has 0 bridgehead atoms. The molecule has 0 aliphatic rings. The highest BCUT2D eigenvalue weighted by atomic mass is 19.4. The van der Waals surface area contributed by atoms with Crippen LogP contribution >= 0.6 is 0 Å². The van der Waals surface area contributed by atoms with E-state index in [1.54, 1.807) is 0 Å². The smallest absolute Gasteiger partial charge is 0.419 e. The number of nitrogens with zero attached hydrogens (tertiary/aromatic N) is 1. The lowest BCUT2D eigenvalue weighted by Crippen LogP contribution is -2.29. The highest BCUT2D eigenvalue weighted by molar-refractivity contribution is 5.77. The molecule has 1 amide bonds. The van der Waals surface area contributed by atoms with Crippen LogP contribution in [0.5, 0.6) is 5.75 Å². The van der Waals surface area contributed by atoms with Crippen molar-refractivity contribution in [3.05, 3.63) is 29.3 Å². The normalized spacial score (nSPS) is 10.8. The first-order valence-corrected chi connectivity index (χ1v) is 5.96. The molecule has 1 aromatic carbocycles. The molecule has 0 atom stereocenters. The quantitative estimate of drug-likeness (QED) is 0.782. The Morgan fingerprint density at radius 2 is 2.14 bits per heavy atom. The monoisotopic (exact) mass is 302 g/mol. The summed E-state index contributed by atoms with van der Waals surface area (Å²) in [5.41, 5.74) is -0.966. The highest BCUT2D eigenvalue weighted by Gasteiger charge is 2.34. The summed E-state index contributed by atoms with van der Waals surface area (Å²) in [5.74, 6) is -1.11. The molecular weight excluding hydrogens is 289 g/mol. The Balaban J connectivity index is 2.75. The van der Waals surface area contributed by atoms with Crippen LogP contribution in [0.15, 0.2) is 18.2 Å². The van der Waals surface area contributed by atoms with Crippen LogP contribution < -0.4 is 10.1 Å². The molecule has 0 fully saturated rings. The van der Waals surface area contributed by atoms with Gasteiger partial charge in [-0.3, -0.25) is 4.79 Å². The van der Waals surface area contributed by atoms with Gasteiger partial charge in [-0.25, -0.2) is 0 Å². The van der Waals surface area contributed by atoms with E-state index in [0.717, 1.165) is 12.1 Å². The minimum Gasteiger partial charge on any atom is -0.483 e. The minimum atomic E-state index is -4.65. The lowest BCUT2D eigenvalue weighted by Gasteiger charge is -2.14. The van der Waals surface area contributed by atoms with Crippen LogP contribution in [0.2, 0.25) is 0 Å². The number of amides is 1. The van der Waals surface area contributed by atoms with Crippen LogP contribution in [-0.4, -0.2) is 24.2 Å². The number of carbonyl (C=O) groups excluding carboxylic acids is 1. The molecule has 5 nitrogen and oxygen atoms in total. The van der Waals surface area contributed by atoms with Crippen LogP contribution in [0.25, 0.3) is 0 Å². The second-order valence-electron chi connectivity index (χ2n) is 4.03. The Kier molecular flexibility index (Phi) is 5.99. The van der Waals surface area contributed by atoms with Gasteiger partial charge in [0.15, 0.2) is 6.61 Å². The van der Waals surface area contributed by atoms with E-state index in [0.29, 0.717) is 0 Å². The zero-order valence-electron chi connectivity index (χ0n) is 10.9. The van der Waals surface area contributed by atoms with Crippen molar-refractivity contribution in [1.29, 1.82) is 5.26 Å². The summed E-state index contributed by atoms with van der Waals surface area (Å²) in [6.07, 6.45) is -4.55. The Morgan fingerprint density at radius 3 is 2.71 bits per heavy atom. The molecule has 0 aliphatic heterocycles. The van der Waals surface area contributed by atoms with E-state index in [2.05, 4.69) is 5.32 Å². The fraction of sp³-hybridized carbons (Fsp3) is 0.385. The molecule has 0 heterocycles. The van der Waals surface area contributed by atoms with E-state index in [9.17, 15) is 18.0 Å². The van der Waals surface area contributed by atoms with Crippen molar-refractivity contribution in [3.8, 4) is 11.8 Å². The fourth-order valence-corrected chi connectivity index (χ4v) is 1.48. The number of hydrogen-bond donors (Lipinski definition) is 2. The molecule has 0 aliphatic carbocycles. The molecule has 8 heteroatoms. The highest BCUT2D eigenvalue weighted by Crippen LogP contribution is 2.36. The maximum Gasteiger partial charge on any atom is 0.419 e. The van der Waals surface area contributed by atoms with E-state index in [1.165, 1.54) is 6.07 Å². The number of aliphatic hydroxyl groups is 1. The van der Waals surface area contributed by atoms with Gasteiger partial charge in [-0.1, -0.05) is 6.07 Å². The number of alkyl halides is 3. The van der Waals surface area contributed by atoms with Gasteiger partial charge in [-0.05, 0) is 17.7 Å². The zero-order chi connectivity index (χ0) is 15.9. The summed E-state index contributed by atoms with van der Waals surface area (Å²) in [4.78, 5) is 11.3. The number of carbonyl (C=O) groups is 1. The van der Waals surface area contributed by atoms with Crippen LogP contribution in [0.3, 0.4) is 0 Å². The topological polar surface area (TPSA) is 82.4 Å². The number of aliphatic hydroxyl groups excluding tert-OH is 1. The minimum absolute atomic E-state index is 0.0909. The number of rotatable bonds is 6. The fourth-order valence-electron chi connectivity index (χ4n) is 1.48. The molecule has 114 valence electrons. The molecule has 1 rings (SSSR count). The van der Waals surface area contributed by atoms with Gasteiger partial charge >= 0.3 is 6.18 Å². The summed E-state index contributed by atoms with van der Waals surface area (Å²) in [5, 5.41) is 19.5. The molecule has 0 saturated carbocycles. The van der Waals surface area contributed by atoms with Crippen molar-refractivity contribution in [3.63, 3.8) is 0 Å². The van der Waals surface area contributed by atoms with Crippen LogP contribution in [0.4, 0.5) is 13.2 Å². The van der Waals surface area contributed by atoms with E-state index >= 15 is 0 Å². The largest absolute Gasteiger partial charge is 0.483 e. The van der Waals surface area contributed by atoms with Gasteiger partial charge in [-0.2, -0.15) is 18.4 Å². The Hall–Kier alpha value is -2.27. The molecule has 2 N–H and O–H groups in total. The average molecular weight is 302 g/mol. The Morgan fingerprint density at radius 1 is 1.43 bits per heavy atom. The van der Waals surface area contributed by atoms with Gasteiger partial charge in [0.1, 0.15) is 5.75 Å². The number of nitrogens with one attached hydrogen (secondary N) is 1. The maximum atomic E-state index is 12.8. The van der Waals surface area contributed by atoms with Crippen LogP contribution in [-0.2, 0) is 17.6 Å². The van der Waals surface area contributed by atoms with E-state index < -0.39 is 36.6 Å². The Bertz CT molecular complexity index is 538. The third-order valence-electron chi connectivity index (χ3n) is 2.45. The van der Waals surface area contributed by atoms with E-state index in [4.69, 9.17) is 15.1 Å². The van der Waals surface area contributed by atoms with Gasteiger partial charge in [-0.15, -0.1) is 0 Å². The second kappa shape index (κ2) is 7.50. The van der Waals surface area contributed by atoms with Crippen LogP contribution in [0, 0.1) is 11.3 Å². The molecule has 1 aromatic rings. The van der Waals surface area contributed by atoms with E-state index in [1.807, 2.05) is 6.07 Å². The van der Waals surface area contributed by atoms with Crippen molar-refractivity contribution in [1.82, 2.24) is 5.32 Å². The number of hydrogen-bond acceptors (Lipinski definition) is 4. The number of ether oxygens (including phenoxy) is 1. The van der Waals surface area contributed by atoms with Crippen molar-refractivity contribution in [2.45, 2.75) is 19.2 Å². The molecule has 0 saturated heterocycles. The molecular formula is C13H13F3N2O3. The first-order valence-electron chi connectivity index (χ1n) is 5.96. The predicted octanol–water partition coefficient (Wildman–Crippen LogP) is 1.61. The third-order valence-corrected chi connectivity index (χ3v) is 2.45. The standard InChI is InChI=1S/C13H13F3N2O3/c14-13(15,16)10-6-9(7-19)2-3-11(10)21-8-12(20)18-5-1-4-17/h2-3,6,19H,1,5,7-8H2,(H,18,20). The number of halogens is 3. The van der Waals surface area contributed by atoms with Gasteiger partial charge in [0.25, 0.3) is 5.91 Å². The lowest BCUT2D eigenvalue weighted by atomic mass is 10.1. The molecule has 0 spiro atoms. The van der Waals surface area contributed by atoms with Gasteiger partial charge < -0.3 is 15.2 Å². The van der Waals surface area contributed by atoms with E-state index in [-0.39, 0.29) is 18.5 Å². The third kappa shape index (κ3) is 5.31. The first kappa shape index (κ1) is 16.8. The summed E-state index contributed by atoms with van der Waals surface area (Å²) < 4.78 is 43.4. The van der Waals surface area contributed by atoms with Crippen molar-refractivity contribution >= 4 is 5.91 Å². The Labute approximate surface area is 118 Å². The average Bonchev–Trinajstić information content (AvgIpc) is 2.44. The second-order valence-corrected chi connectivity index (χ2v) is 4.03. The van der Waals surface area contributed by atoms with Crippen molar-refractivity contribution in [2.24, 2.45) is 0 Å². The first-order chi connectivity index (χ1) is 9.88. The maximum absolute atomic E-state index is 12.8. The predicted molar refractivity (Wildman–Crippen MR) is 66.1 cm³/mol.